The lowest BCUT2D eigenvalue weighted by Gasteiger charge is -2.11. The van der Waals surface area contributed by atoms with Crippen molar-refractivity contribution in [2.24, 2.45) is 0 Å². The summed E-state index contributed by atoms with van der Waals surface area (Å²) in [5, 5.41) is 9.06. The molecule has 0 heterocycles. The Labute approximate surface area is 83.3 Å². The van der Waals surface area contributed by atoms with E-state index in [0.29, 0.717) is 6.61 Å². The van der Waals surface area contributed by atoms with Crippen molar-refractivity contribution in [3.05, 3.63) is 29.8 Å². The Kier molecular flexibility index (Phi) is 4.13. The van der Waals surface area contributed by atoms with E-state index in [9.17, 15) is 4.79 Å². The molecule has 0 aromatic heterocycles. The summed E-state index contributed by atoms with van der Waals surface area (Å²) in [7, 11) is 0. The summed E-state index contributed by atoms with van der Waals surface area (Å²) in [6.07, 6.45) is 1.13. The fourth-order valence-corrected chi connectivity index (χ4v) is 1.12. The van der Waals surface area contributed by atoms with Gasteiger partial charge < -0.3 is 14.6 Å². The van der Waals surface area contributed by atoms with Gasteiger partial charge in [-0.1, -0.05) is 19.1 Å². The molecule has 0 aliphatic carbocycles. The van der Waals surface area contributed by atoms with Crippen molar-refractivity contribution < 1.29 is 14.6 Å². The predicted molar refractivity (Wildman–Crippen MR) is 53.2 cm³/mol. The first-order valence-electron chi connectivity index (χ1n) is 4.63. The normalized spacial score (nSPS) is 12.4. The molecule has 0 bridgehead atoms. The zero-order valence-electron chi connectivity index (χ0n) is 8.14. The Balaban J connectivity index is 2.68. The number of benzene rings is 1. The number of carbonyl (C=O) groups is 1. The van der Waals surface area contributed by atoms with Crippen LogP contribution in [-0.4, -0.2) is 18.0 Å². The molecule has 1 unspecified atom stereocenters. The molecule has 0 radical (unpaired) electrons. The number of ether oxygens (including phenoxy) is 1. The standard InChI is InChI=1S/C11H14O3/c1-2-7-14-11(8-12)9-3-5-10(13)6-4-9/h3-6,8,11,13H,2,7H2,1H3. The van der Waals surface area contributed by atoms with Crippen LogP contribution in [0.3, 0.4) is 0 Å². The SMILES string of the molecule is CCCOC(C=O)c1ccc(O)cc1. The van der Waals surface area contributed by atoms with Crippen LogP contribution in [0.5, 0.6) is 5.75 Å². The van der Waals surface area contributed by atoms with Crippen LogP contribution in [0.25, 0.3) is 0 Å². The van der Waals surface area contributed by atoms with Crippen LogP contribution in [0, 0.1) is 0 Å². The summed E-state index contributed by atoms with van der Waals surface area (Å²) < 4.78 is 5.32. The highest BCUT2D eigenvalue weighted by Gasteiger charge is 2.09. The van der Waals surface area contributed by atoms with Crippen LogP contribution < -0.4 is 0 Å². The highest BCUT2D eigenvalue weighted by Crippen LogP contribution is 2.18. The number of hydrogen-bond donors (Lipinski definition) is 1. The lowest BCUT2D eigenvalue weighted by atomic mass is 10.1. The Morgan fingerprint density at radius 2 is 2.07 bits per heavy atom. The van der Waals surface area contributed by atoms with Gasteiger partial charge >= 0.3 is 0 Å². The Morgan fingerprint density at radius 1 is 1.43 bits per heavy atom. The molecule has 14 heavy (non-hydrogen) atoms. The van der Waals surface area contributed by atoms with E-state index < -0.39 is 6.10 Å². The van der Waals surface area contributed by atoms with E-state index in [1.165, 1.54) is 0 Å². The molecular weight excluding hydrogens is 180 g/mol. The summed E-state index contributed by atoms with van der Waals surface area (Å²) in [6.45, 7) is 2.54. The van der Waals surface area contributed by atoms with Gasteiger partial charge in [0.1, 0.15) is 11.9 Å². The van der Waals surface area contributed by atoms with E-state index >= 15 is 0 Å². The molecular formula is C11H14O3. The van der Waals surface area contributed by atoms with Crippen molar-refractivity contribution in [1.82, 2.24) is 0 Å². The smallest absolute Gasteiger partial charge is 0.153 e. The van der Waals surface area contributed by atoms with Crippen LogP contribution in [-0.2, 0) is 9.53 Å². The van der Waals surface area contributed by atoms with Gasteiger partial charge in [0.05, 0.1) is 0 Å². The lowest BCUT2D eigenvalue weighted by Crippen LogP contribution is -2.06. The molecule has 1 atom stereocenters. The van der Waals surface area contributed by atoms with Gasteiger partial charge in [0.15, 0.2) is 6.29 Å². The molecule has 0 amide bonds. The molecule has 0 aliphatic heterocycles. The topological polar surface area (TPSA) is 46.5 Å². The largest absolute Gasteiger partial charge is 0.508 e. The highest BCUT2D eigenvalue weighted by molar-refractivity contribution is 5.60. The maximum absolute atomic E-state index is 10.7. The van der Waals surface area contributed by atoms with Gasteiger partial charge in [-0.15, -0.1) is 0 Å². The number of rotatable bonds is 5. The minimum Gasteiger partial charge on any atom is -0.508 e. The van der Waals surface area contributed by atoms with E-state index in [-0.39, 0.29) is 5.75 Å². The number of aromatic hydroxyl groups is 1. The number of aldehydes is 1. The van der Waals surface area contributed by atoms with Crippen LogP contribution in [0.4, 0.5) is 0 Å². The van der Waals surface area contributed by atoms with Crippen molar-refractivity contribution in [2.75, 3.05) is 6.61 Å². The maximum atomic E-state index is 10.7. The van der Waals surface area contributed by atoms with E-state index in [1.54, 1.807) is 24.3 Å². The molecule has 0 saturated carbocycles. The zero-order chi connectivity index (χ0) is 10.4. The molecule has 3 nitrogen and oxygen atoms in total. The van der Waals surface area contributed by atoms with Gasteiger partial charge in [0.25, 0.3) is 0 Å². The number of phenolic OH excluding ortho intramolecular Hbond substituents is 1. The van der Waals surface area contributed by atoms with Gasteiger partial charge in [-0.05, 0) is 24.1 Å². The zero-order valence-corrected chi connectivity index (χ0v) is 8.14. The van der Waals surface area contributed by atoms with Gasteiger partial charge in [0.2, 0.25) is 0 Å². The van der Waals surface area contributed by atoms with E-state index in [1.807, 2.05) is 6.92 Å². The van der Waals surface area contributed by atoms with E-state index in [4.69, 9.17) is 9.84 Å². The van der Waals surface area contributed by atoms with Crippen molar-refractivity contribution in [3.63, 3.8) is 0 Å². The fraction of sp³-hybridized carbons (Fsp3) is 0.364. The van der Waals surface area contributed by atoms with Crippen LogP contribution >= 0.6 is 0 Å². The molecule has 76 valence electrons. The molecule has 0 spiro atoms. The first-order chi connectivity index (χ1) is 6.77. The number of carbonyl (C=O) groups excluding carboxylic acids is 1. The van der Waals surface area contributed by atoms with E-state index in [0.717, 1.165) is 18.3 Å². The van der Waals surface area contributed by atoms with Crippen molar-refractivity contribution >= 4 is 6.29 Å². The summed E-state index contributed by atoms with van der Waals surface area (Å²) in [5.41, 5.74) is 0.770. The number of phenols is 1. The minimum absolute atomic E-state index is 0.189. The highest BCUT2D eigenvalue weighted by atomic mass is 16.5. The third-order valence-corrected chi connectivity index (χ3v) is 1.85. The van der Waals surface area contributed by atoms with Gasteiger partial charge in [-0.3, -0.25) is 0 Å². The summed E-state index contributed by atoms with van der Waals surface area (Å²) in [6, 6.07) is 6.45. The maximum Gasteiger partial charge on any atom is 0.153 e. The molecule has 1 aromatic carbocycles. The Hall–Kier alpha value is -1.35. The summed E-state index contributed by atoms with van der Waals surface area (Å²) >= 11 is 0. The second-order valence-corrected chi connectivity index (χ2v) is 3.02. The summed E-state index contributed by atoms with van der Waals surface area (Å²) in [5.74, 6) is 0.189. The molecule has 0 fully saturated rings. The third kappa shape index (κ3) is 2.85. The minimum atomic E-state index is -0.518. The molecule has 3 heteroatoms. The monoisotopic (exact) mass is 194 g/mol. The molecule has 0 saturated heterocycles. The molecule has 1 aromatic rings. The van der Waals surface area contributed by atoms with E-state index in [2.05, 4.69) is 0 Å². The lowest BCUT2D eigenvalue weighted by molar-refractivity contribution is -0.118. The second-order valence-electron chi connectivity index (χ2n) is 3.02. The average Bonchev–Trinajstić information content (AvgIpc) is 2.21. The Bertz CT molecular complexity index is 279. The van der Waals surface area contributed by atoms with Gasteiger partial charge in [-0.2, -0.15) is 0 Å². The van der Waals surface area contributed by atoms with Crippen LogP contribution in [0.15, 0.2) is 24.3 Å². The molecule has 1 N–H and O–H groups in total. The van der Waals surface area contributed by atoms with Crippen molar-refractivity contribution in [3.8, 4) is 5.75 Å². The quantitative estimate of drug-likeness (QED) is 0.730. The second kappa shape index (κ2) is 5.40. The average molecular weight is 194 g/mol. The van der Waals surface area contributed by atoms with Crippen molar-refractivity contribution in [2.45, 2.75) is 19.4 Å². The Morgan fingerprint density at radius 3 is 2.57 bits per heavy atom. The molecule has 1 rings (SSSR count). The van der Waals surface area contributed by atoms with Gasteiger partial charge in [-0.25, -0.2) is 0 Å². The predicted octanol–water partition coefficient (Wildman–Crippen LogP) is 2.06. The first kappa shape index (κ1) is 10.7. The van der Waals surface area contributed by atoms with Crippen molar-refractivity contribution in [1.29, 1.82) is 0 Å². The molecule has 0 aliphatic rings. The van der Waals surface area contributed by atoms with Gasteiger partial charge in [0, 0.05) is 6.61 Å². The first-order valence-corrected chi connectivity index (χ1v) is 4.63. The van der Waals surface area contributed by atoms with Crippen LogP contribution in [0.1, 0.15) is 25.0 Å². The van der Waals surface area contributed by atoms with Crippen LogP contribution in [0.2, 0.25) is 0 Å². The third-order valence-electron chi connectivity index (χ3n) is 1.85. The number of hydrogen-bond acceptors (Lipinski definition) is 3. The summed E-state index contributed by atoms with van der Waals surface area (Å²) in [4.78, 5) is 10.7. The fourth-order valence-electron chi connectivity index (χ4n) is 1.12.